The number of alkyl halides is 3. The number of hydrogen-bond acceptors (Lipinski definition) is 11. The predicted octanol–water partition coefficient (Wildman–Crippen LogP) is 6.93. The van der Waals surface area contributed by atoms with E-state index < -0.39 is 68.1 Å². The molecule has 8 rings (SSSR count). The minimum Gasteiger partial charge on any atom is -0.444 e. The number of halogens is 3. The molecule has 14 nitrogen and oxygen atoms in total. The van der Waals surface area contributed by atoms with E-state index in [0.29, 0.717) is 41.4 Å². The number of nitrogens with zero attached hydrogens (tertiary/aromatic N) is 5. The fourth-order valence-corrected chi connectivity index (χ4v) is 9.14. The van der Waals surface area contributed by atoms with E-state index in [4.69, 9.17) is 13.9 Å². The molecule has 4 aromatic rings. The van der Waals surface area contributed by atoms with Crippen molar-refractivity contribution in [2.75, 3.05) is 23.7 Å². The van der Waals surface area contributed by atoms with Crippen LogP contribution in [-0.4, -0.2) is 82.7 Å². The molecule has 2 aromatic carbocycles. The number of hydrogen-bond donors (Lipinski definition) is 1. The average Bonchev–Trinajstić information content (AvgIpc) is 3.60. The Morgan fingerprint density at radius 1 is 0.931 bits per heavy atom. The fraction of sp³-hybridized carbons (Fsp3) is 0.450. The van der Waals surface area contributed by atoms with E-state index in [1.165, 1.54) is 41.4 Å². The Balaban J connectivity index is 1.21. The number of fused-ring (bicyclic) bond motifs is 3. The number of pyridine rings is 1. The summed E-state index contributed by atoms with van der Waals surface area (Å²) in [4.78, 5) is 47.3. The van der Waals surface area contributed by atoms with Gasteiger partial charge in [-0.25, -0.2) is 18.0 Å². The molecule has 0 unspecified atom stereocenters. The lowest BCUT2D eigenvalue weighted by Crippen LogP contribution is -2.61. The van der Waals surface area contributed by atoms with Crippen LogP contribution in [0.1, 0.15) is 71.4 Å². The Labute approximate surface area is 333 Å². The van der Waals surface area contributed by atoms with Gasteiger partial charge in [0.25, 0.3) is 5.91 Å². The number of aromatic nitrogens is 3. The average molecular weight is 825 g/mol. The van der Waals surface area contributed by atoms with Crippen LogP contribution in [-0.2, 0) is 42.2 Å². The van der Waals surface area contributed by atoms with E-state index in [0.717, 1.165) is 25.0 Å². The third-order valence-corrected chi connectivity index (χ3v) is 11.8. The van der Waals surface area contributed by atoms with Crippen molar-refractivity contribution in [1.29, 1.82) is 0 Å². The standard InChI is InChI=1S/C40H43F3N6O8S/c1-37(2,3)56-35(51)45-29-21-58(53,54)31-14-10-26(32-46-47-34(55-32)39-16-24(17-39)19-48(22-39)36(52)57-38(4,5)6)15-30(31)49(33(29)50)20-23-7-13-28(44-18-23)25-8-11-27(12-9-25)40(41,42)43/h7-15,18,24,29H,16-17,19-22H2,1-6H3,(H,45,51)/t24?,29-,39?/m0/s1. The molecule has 1 N–H and O–H groups in total. The first kappa shape index (κ1) is 40.7. The van der Waals surface area contributed by atoms with Gasteiger partial charge in [0, 0.05) is 30.4 Å². The molecule has 1 atom stereocenters. The molecule has 3 aliphatic heterocycles. The molecule has 3 amide bonds. The van der Waals surface area contributed by atoms with Crippen LogP contribution in [0.2, 0.25) is 0 Å². The molecule has 58 heavy (non-hydrogen) atoms. The monoisotopic (exact) mass is 824 g/mol. The molecule has 0 spiro atoms. The Kier molecular flexibility index (Phi) is 10.1. The summed E-state index contributed by atoms with van der Waals surface area (Å²) in [5, 5.41) is 11.1. The van der Waals surface area contributed by atoms with Gasteiger partial charge in [-0.2, -0.15) is 13.2 Å². The van der Waals surface area contributed by atoms with Crippen LogP contribution in [0.5, 0.6) is 0 Å². The summed E-state index contributed by atoms with van der Waals surface area (Å²) in [6.07, 6.45) is -3.02. The number of amides is 3. The topological polar surface area (TPSA) is 174 Å². The molecule has 3 fully saturated rings. The number of carbonyl (C=O) groups excluding carboxylic acids is 3. The van der Waals surface area contributed by atoms with Gasteiger partial charge in [0.1, 0.15) is 17.2 Å². The molecule has 2 aromatic heterocycles. The van der Waals surface area contributed by atoms with Gasteiger partial charge >= 0.3 is 18.4 Å². The lowest BCUT2D eigenvalue weighted by molar-refractivity contribution is -0.137. The van der Waals surface area contributed by atoms with Gasteiger partial charge in [-0.15, -0.1) is 10.2 Å². The second-order valence-electron chi connectivity index (χ2n) is 17.0. The number of carbonyl (C=O) groups is 3. The number of rotatable bonds is 6. The minimum atomic E-state index is -4.50. The van der Waals surface area contributed by atoms with Gasteiger partial charge in [-0.3, -0.25) is 9.78 Å². The van der Waals surface area contributed by atoms with Crippen LogP contribution in [0.15, 0.2) is 70.1 Å². The number of sulfone groups is 1. The third kappa shape index (κ3) is 8.51. The Morgan fingerprint density at radius 3 is 2.22 bits per heavy atom. The summed E-state index contributed by atoms with van der Waals surface area (Å²) in [5.74, 6) is -0.906. The number of benzene rings is 2. The molecule has 1 aliphatic carbocycles. The minimum absolute atomic E-state index is 0.0156. The van der Waals surface area contributed by atoms with Crippen LogP contribution in [0.25, 0.3) is 22.7 Å². The first-order valence-corrected chi connectivity index (χ1v) is 20.3. The quantitative estimate of drug-likeness (QED) is 0.214. The summed E-state index contributed by atoms with van der Waals surface area (Å²) in [5.41, 5.74) is -1.46. The first-order valence-electron chi connectivity index (χ1n) is 18.6. The summed E-state index contributed by atoms with van der Waals surface area (Å²) in [7, 11) is -4.22. The second-order valence-corrected chi connectivity index (χ2v) is 19.0. The van der Waals surface area contributed by atoms with Crippen molar-refractivity contribution in [1.82, 2.24) is 25.4 Å². The predicted molar refractivity (Wildman–Crippen MR) is 203 cm³/mol. The van der Waals surface area contributed by atoms with Crippen molar-refractivity contribution < 1.29 is 49.9 Å². The molecule has 4 aliphatic rings. The summed E-state index contributed by atoms with van der Waals surface area (Å²) < 4.78 is 84.5. The number of alkyl carbamates (subject to hydrolysis) is 1. The Bertz CT molecular complexity index is 2350. The van der Waals surface area contributed by atoms with Gasteiger partial charge in [-0.05, 0) is 102 Å². The number of piperidine rings is 2. The Morgan fingerprint density at radius 2 is 1.60 bits per heavy atom. The van der Waals surface area contributed by atoms with Crippen LogP contribution < -0.4 is 10.2 Å². The summed E-state index contributed by atoms with van der Waals surface area (Å²) >= 11 is 0. The van der Waals surface area contributed by atoms with Crippen molar-refractivity contribution in [3.05, 3.63) is 77.8 Å². The van der Waals surface area contributed by atoms with Crippen molar-refractivity contribution >= 4 is 33.6 Å². The fourth-order valence-electron chi connectivity index (χ4n) is 7.54. The zero-order valence-electron chi connectivity index (χ0n) is 32.7. The van der Waals surface area contributed by atoms with E-state index >= 15 is 0 Å². The maximum absolute atomic E-state index is 14.4. The van der Waals surface area contributed by atoms with Crippen LogP contribution in [0, 0.1) is 5.92 Å². The van der Waals surface area contributed by atoms with Crippen molar-refractivity contribution in [3.8, 4) is 22.7 Å². The molecular weight excluding hydrogens is 782 g/mol. The molecule has 1 saturated carbocycles. The highest BCUT2D eigenvalue weighted by molar-refractivity contribution is 7.91. The molecule has 2 bridgehead atoms. The SMILES string of the molecule is CC(C)(C)OC(=O)N[C@H]1CS(=O)(=O)c2ccc(-c3nnc(C45CC(CN(C(=O)OC(C)(C)C)C4)C5)o3)cc2N(Cc2ccc(-c3ccc(C(F)(F)F)cc3)nc2)C1=O. The van der Waals surface area contributed by atoms with Gasteiger partial charge in [-0.1, -0.05) is 18.2 Å². The highest BCUT2D eigenvalue weighted by Crippen LogP contribution is 2.52. The van der Waals surface area contributed by atoms with Gasteiger partial charge in [0.2, 0.25) is 11.8 Å². The summed E-state index contributed by atoms with van der Waals surface area (Å²) in [6, 6.07) is 10.4. The van der Waals surface area contributed by atoms with Gasteiger partial charge in [0.15, 0.2) is 9.84 Å². The maximum atomic E-state index is 14.4. The van der Waals surface area contributed by atoms with E-state index in [9.17, 15) is 36.0 Å². The summed E-state index contributed by atoms with van der Waals surface area (Å²) in [6.45, 7) is 10.9. The van der Waals surface area contributed by atoms with E-state index in [2.05, 4.69) is 20.5 Å². The zero-order valence-corrected chi connectivity index (χ0v) is 33.5. The van der Waals surface area contributed by atoms with Crippen molar-refractivity contribution in [3.63, 3.8) is 0 Å². The molecule has 2 saturated heterocycles. The van der Waals surface area contributed by atoms with E-state index in [1.807, 2.05) is 0 Å². The maximum Gasteiger partial charge on any atom is 0.416 e. The first-order chi connectivity index (χ1) is 27.0. The second kappa shape index (κ2) is 14.4. The van der Waals surface area contributed by atoms with Crippen LogP contribution >= 0.6 is 0 Å². The van der Waals surface area contributed by atoms with Crippen molar-refractivity contribution in [2.24, 2.45) is 5.92 Å². The Hall–Kier alpha value is -5.52. The molecular formula is C40H43F3N6O8S. The number of anilines is 1. The largest absolute Gasteiger partial charge is 0.444 e. The number of nitrogens with one attached hydrogen (secondary N) is 1. The zero-order chi connectivity index (χ0) is 42.0. The van der Waals surface area contributed by atoms with E-state index in [1.54, 1.807) is 58.6 Å². The highest BCUT2D eigenvalue weighted by atomic mass is 32.2. The molecule has 0 radical (unpaired) electrons. The van der Waals surface area contributed by atoms with E-state index in [-0.39, 0.29) is 28.9 Å². The lowest BCUT2D eigenvalue weighted by Gasteiger charge is -2.54. The van der Waals surface area contributed by atoms with Gasteiger partial charge < -0.3 is 29.0 Å². The number of ether oxygens (including phenoxy) is 2. The third-order valence-electron chi connectivity index (χ3n) is 10.0. The van der Waals surface area contributed by atoms with Gasteiger partial charge in [0.05, 0.1) is 39.6 Å². The van der Waals surface area contributed by atoms with Crippen LogP contribution in [0.3, 0.4) is 0 Å². The highest BCUT2D eigenvalue weighted by Gasteiger charge is 2.56. The van der Waals surface area contributed by atoms with Crippen molar-refractivity contribution in [2.45, 2.75) is 94.7 Å². The molecule has 5 heterocycles. The lowest BCUT2D eigenvalue weighted by atomic mass is 9.58. The molecule has 18 heteroatoms. The molecule has 308 valence electrons. The van der Waals surface area contributed by atoms with Crippen LogP contribution in [0.4, 0.5) is 28.4 Å². The smallest absolute Gasteiger partial charge is 0.416 e. The normalized spacial score (nSPS) is 21.7.